The van der Waals surface area contributed by atoms with Gasteiger partial charge in [0, 0.05) is 36.7 Å². The van der Waals surface area contributed by atoms with Gasteiger partial charge in [0.25, 0.3) is 0 Å². The van der Waals surface area contributed by atoms with Crippen molar-refractivity contribution < 1.29 is 9.47 Å². The fourth-order valence-corrected chi connectivity index (χ4v) is 2.56. The van der Waals surface area contributed by atoms with Gasteiger partial charge in [-0.05, 0) is 30.9 Å². The Labute approximate surface area is 114 Å². The molecule has 0 spiro atoms. The molecule has 0 aromatic heterocycles. The molecule has 1 heterocycles. The Kier molecular flexibility index (Phi) is 3.23. The number of ether oxygens (including phenoxy) is 2. The lowest BCUT2D eigenvalue weighted by atomic mass is 10.1. The van der Waals surface area contributed by atoms with Crippen molar-refractivity contribution in [3.8, 4) is 11.5 Å². The number of rotatable bonds is 4. The molecule has 1 fully saturated rings. The highest BCUT2D eigenvalue weighted by Crippen LogP contribution is 2.36. The Hall–Kier alpha value is -1.84. The molecule has 0 radical (unpaired) electrons. The number of anilines is 1. The van der Waals surface area contributed by atoms with Crippen molar-refractivity contribution in [1.29, 1.82) is 0 Å². The summed E-state index contributed by atoms with van der Waals surface area (Å²) in [4.78, 5) is 2.27. The largest absolute Gasteiger partial charge is 0.493 e. The second-order valence-corrected chi connectivity index (χ2v) is 5.12. The third-order valence-corrected chi connectivity index (χ3v) is 3.85. The minimum Gasteiger partial charge on any atom is -0.493 e. The van der Waals surface area contributed by atoms with E-state index in [0.717, 1.165) is 29.6 Å². The van der Waals surface area contributed by atoms with Crippen LogP contribution in [0.4, 0.5) is 5.69 Å². The summed E-state index contributed by atoms with van der Waals surface area (Å²) < 4.78 is 10.6. The van der Waals surface area contributed by atoms with Crippen LogP contribution in [0.5, 0.6) is 11.5 Å². The maximum absolute atomic E-state index is 5.36. The molecule has 1 aromatic rings. The van der Waals surface area contributed by atoms with E-state index < -0.39 is 0 Å². The Bertz CT molecular complexity index is 483. The first kappa shape index (κ1) is 12.2. The monoisotopic (exact) mass is 260 g/mol. The van der Waals surface area contributed by atoms with Crippen LogP contribution >= 0.6 is 0 Å². The summed E-state index contributed by atoms with van der Waals surface area (Å²) in [5.74, 6) is 2.38. The van der Waals surface area contributed by atoms with Crippen molar-refractivity contribution in [2.75, 3.05) is 25.7 Å². The summed E-state index contributed by atoms with van der Waals surface area (Å²) in [6, 6.07) is 6.62. The topological polar surface area (TPSA) is 33.7 Å². The van der Waals surface area contributed by atoms with Crippen molar-refractivity contribution in [2.45, 2.75) is 18.9 Å². The molecule has 19 heavy (non-hydrogen) atoms. The molecular weight excluding hydrogens is 240 g/mol. The Balaban J connectivity index is 1.81. The van der Waals surface area contributed by atoms with Gasteiger partial charge in [-0.3, -0.25) is 0 Å². The van der Waals surface area contributed by atoms with Crippen LogP contribution in [0.15, 0.2) is 30.6 Å². The van der Waals surface area contributed by atoms with Gasteiger partial charge in [0.2, 0.25) is 0 Å². The maximum atomic E-state index is 5.36. The molecule has 2 aliphatic rings. The van der Waals surface area contributed by atoms with Gasteiger partial charge in [-0.15, -0.1) is 0 Å². The molecule has 4 nitrogen and oxygen atoms in total. The average Bonchev–Trinajstić information content (AvgIpc) is 3.31. The van der Waals surface area contributed by atoms with E-state index in [0.29, 0.717) is 6.04 Å². The zero-order chi connectivity index (χ0) is 13.2. The zero-order valence-electron chi connectivity index (χ0n) is 11.4. The van der Waals surface area contributed by atoms with Crippen molar-refractivity contribution >= 4 is 5.69 Å². The van der Waals surface area contributed by atoms with Crippen LogP contribution in [0.1, 0.15) is 12.8 Å². The summed E-state index contributed by atoms with van der Waals surface area (Å²) in [5.41, 5.74) is 1.14. The lowest BCUT2D eigenvalue weighted by molar-refractivity contribution is 0.355. The fourth-order valence-electron chi connectivity index (χ4n) is 2.56. The number of nitrogens with one attached hydrogen (secondary N) is 1. The first-order chi connectivity index (χ1) is 9.31. The Morgan fingerprint density at radius 1 is 1.16 bits per heavy atom. The highest BCUT2D eigenvalue weighted by Gasteiger charge is 2.32. The van der Waals surface area contributed by atoms with Crippen molar-refractivity contribution in [3.05, 3.63) is 30.6 Å². The molecule has 1 aromatic carbocycles. The van der Waals surface area contributed by atoms with Crippen LogP contribution in [0, 0.1) is 5.92 Å². The predicted octanol–water partition coefficient (Wildman–Crippen LogP) is 2.36. The average molecular weight is 260 g/mol. The standard InChI is InChI=1S/C15H20N2O2/c1-18-14-6-5-12(9-15(14)19-2)17-8-7-16-13(10-17)11-3-4-11/h5-9,11,13,16H,3-4,10H2,1-2H3. The second kappa shape index (κ2) is 5.03. The molecule has 1 N–H and O–H groups in total. The van der Waals surface area contributed by atoms with Crippen molar-refractivity contribution in [1.82, 2.24) is 5.32 Å². The maximum Gasteiger partial charge on any atom is 0.162 e. The molecule has 0 amide bonds. The van der Waals surface area contributed by atoms with Crippen LogP contribution in [-0.2, 0) is 0 Å². The third-order valence-electron chi connectivity index (χ3n) is 3.85. The van der Waals surface area contributed by atoms with E-state index in [1.54, 1.807) is 14.2 Å². The number of benzene rings is 1. The normalized spacial score (nSPS) is 22.0. The molecule has 1 saturated carbocycles. The van der Waals surface area contributed by atoms with Gasteiger partial charge in [-0.1, -0.05) is 0 Å². The summed E-state index contributed by atoms with van der Waals surface area (Å²) in [6.45, 7) is 1.01. The molecule has 0 bridgehead atoms. The minimum absolute atomic E-state index is 0.568. The van der Waals surface area contributed by atoms with Crippen molar-refractivity contribution in [3.63, 3.8) is 0 Å². The predicted molar refractivity (Wildman–Crippen MR) is 75.7 cm³/mol. The Morgan fingerprint density at radius 3 is 2.63 bits per heavy atom. The lowest BCUT2D eigenvalue weighted by Gasteiger charge is -2.31. The van der Waals surface area contributed by atoms with Crippen LogP contribution in [0.3, 0.4) is 0 Å². The van der Waals surface area contributed by atoms with E-state index in [9.17, 15) is 0 Å². The molecule has 1 atom stereocenters. The molecule has 1 aliphatic carbocycles. The molecular formula is C15H20N2O2. The van der Waals surface area contributed by atoms with Gasteiger partial charge in [0.1, 0.15) is 0 Å². The fraction of sp³-hybridized carbons (Fsp3) is 0.467. The molecule has 1 aliphatic heterocycles. The van der Waals surface area contributed by atoms with Crippen LogP contribution < -0.4 is 19.7 Å². The number of hydrogen-bond acceptors (Lipinski definition) is 4. The number of hydrogen-bond donors (Lipinski definition) is 1. The minimum atomic E-state index is 0.568. The summed E-state index contributed by atoms with van der Waals surface area (Å²) in [5, 5.41) is 3.45. The third kappa shape index (κ3) is 2.48. The highest BCUT2D eigenvalue weighted by molar-refractivity contribution is 5.58. The highest BCUT2D eigenvalue weighted by atomic mass is 16.5. The quantitative estimate of drug-likeness (QED) is 0.901. The van der Waals surface area contributed by atoms with Gasteiger partial charge < -0.3 is 19.7 Å². The summed E-state index contributed by atoms with van der Waals surface area (Å²) in [6.07, 6.45) is 6.83. The van der Waals surface area contributed by atoms with E-state index in [2.05, 4.69) is 22.5 Å². The van der Waals surface area contributed by atoms with Gasteiger partial charge in [-0.2, -0.15) is 0 Å². The Morgan fingerprint density at radius 2 is 1.95 bits per heavy atom. The van der Waals surface area contributed by atoms with Gasteiger partial charge in [0.15, 0.2) is 11.5 Å². The van der Waals surface area contributed by atoms with Crippen LogP contribution in [0.25, 0.3) is 0 Å². The van der Waals surface area contributed by atoms with E-state index >= 15 is 0 Å². The van der Waals surface area contributed by atoms with Gasteiger partial charge in [-0.25, -0.2) is 0 Å². The first-order valence-corrected chi connectivity index (χ1v) is 6.73. The molecule has 3 rings (SSSR count). The summed E-state index contributed by atoms with van der Waals surface area (Å²) in [7, 11) is 3.33. The van der Waals surface area contributed by atoms with Crippen LogP contribution in [-0.4, -0.2) is 26.8 Å². The molecule has 4 heteroatoms. The van der Waals surface area contributed by atoms with E-state index in [-0.39, 0.29) is 0 Å². The lowest BCUT2D eigenvalue weighted by Crippen LogP contribution is -2.42. The van der Waals surface area contributed by atoms with Crippen LogP contribution in [0.2, 0.25) is 0 Å². The van der Waals surface area contributed by atoms with E-state index in [1.807, 2.05) is 18.3 Å². The van der Waals surface area contributed by atoms with E-state index in [1.165, 1.54) is 12.8 Å². The van der Waals surface area contributed by atoms with Gasteiger partial charge >= 0.3 is 0 Å². The second-order valence-electron chi connectivity index (χ2n) is 5.12. The summed E-state index contributed by atoms with van der Waals surface area (Å²) >= 11 is 0. The molecule has 0 saturated heterocycles. The number of methoxy groups -OCH3 is 2. The first-order valence-electron chi connectivity index (χ1n) is 6.73. The van der Waals surface area contributed by atoms with Gasteiger partial charge in [0.05, 0.1) is 14.2 Å². The van der Waals surface area contributed by atoms with Crippen molar-refractivity contribution in [2.24, 2.45) is 5.92 Å². The zero-order valence-corrected chi connectivity index (χ0v) is 11.4. The molecule has 102 valence electrons. The number of nitrogens with zero attached hydrogens (tertiary/aromatic N) is 1. The smallest absolute Gasteiger partial charge is 0.162 e. The SMILES string of the molecule is COc1ccc(N2C=CNC(C3CC3)C2)cc1OC. The van der Waals surface area contributed by atoms with E-state index in [4.69, 9.17) is 9.47 Å². The molecule has 1 unspecified atom stereocenters.